The van der Waals surface area contributed by atoms with Gasteiger partial charge in [-0.1, -0.05) is 43.5 Å². The van der Waals surface area contributed by atoms with Gasteiger partial charge in [-0.25, -0.2) is 0 Å². The number of likely N-dealkylation sites (tertiary alicyclic amines) is 1. The van der Waals surface area contributed by atoms with Gasteiger partial charge in [0.05, 0.1) is 0 Å². The predicted octanol–water partition coefficient (Wildman–Crippen LogP) is 4.24. The third-order valence-corrected chi connectivity index (χ3v) is 7.56. The summed E-state index contributed by atoms with van der Waals surface area (Å²) < 4.78 is 0. The molecule has 1 saturated carbocycles. The second-order valence-corrected chi connectivity index (χ2v) is 9.72. The second-order valence-electron chi connectivity index (χ2n) is 9.72. The van der Waals surface area contributed by atoms with E-state index >= 15 is 0 Å². The first-order valence-electron chi connectivity index (χ1n) is 11.9. The van der Waals surface area contributed by atoms with Crippen LogP contribution in [0.5, 0.6) is 0 Å². The SMILES string of the molecule is O=C(O)CCCC(=O)N1Cc2ccccc2CC2(CCCN2CC2CCCCC2)C1. The van der Waals surface area contributed by atoms with Crippen LogP contribution in [0.1, 0.15) is 75.3 Å². The number of carbonyl (C=O) groups excluding carboxylic acids is 1. The Morgan fingerprint density at radius 3 is 2.57 bits per heavy atom. The first-order valence-corrected chi connectivity index (χ1v) is 11.9. The van der Waals surface area contributed by atoms with E-state index in [4.69, 9.17) is 5.11 Å². The predicted molar refractivity (Wildman–Crippen MR) is 117 cm³/mol. The van der Waals surface area contributed by atoms with E-state index in [-0.39, 0.29) is 17.9 Å². The van der Waals surface area contributed by atoms with E-state index in [1.165, 1.54) is 56.2 Å². The Morgan fingerprint density at radius 1 is 1.03 bits per heavy atom. The zero-order chi connectivity index (χ0) is 21.0. The van der Waals surface area contributed by atoms with E-state index in [0.29, 0.717) is 19.4 Å². The summed E-state index contributed by atoms with van der Waals surface area (Å²) in [6.45, 7) is 3.74. The molecule has 1 spiro atoms. The first-order chi connectivity index (χ1) is 14.6. The number of carbonyl (C=O) groups is 2. The Morgan fingerprint density at radius 2 is 1.80 bits per heavy atom. The third kappa shape index (κ3) is 4.88. The highest BCUT2D eigenvalue weighted by molar-refractivity contribution is 5.77. The first kappa shape index (κ1) is 21.4. The Kier molecular flexibility index (Phi) is 6.77. The average Bonchev–Trinajstić information content (AvgIpc) is 3.01. The average molecular weight is 413 g/mol. The molecule has 2 aliphatic heterocycles. The van der Waals surface area contributed by atoms with Crippen molar-refractivity contribution in [2.75, 3.05) is 19.6 Å². The highest BCUT2D eigenvalue weighted by atomic mass is 16.4. The molecule has 2 heterocycles. The van der Waals surface area contributed by atoms with Gasteiger partial charge in [-0.15, -0.1) is 0 Å². The quantitative estimate of drug-likeness (QED) is 0.759. The molecular weight excluding hydrogens is 376 g/mol. The topological polar surface area (TPSA) is 60.9 Å². The van der Waals surface area contributed by atoms with Crippen molar-refractivity contribution in [3.05, 3.63) is 35.4 Å². The van der Waals surface area contributed by atoms with Crippen LogP contribution in [0.2, 0.25) is 0 Å². The molecule has 30 heavy (non-hydrogen) atoms. The van der Waals surface area contributed by atoms with Crippen molar-refractivity contribution in [1.82, 2.24) is 9.80 Å². The van der Waals surface area contributed by atoms with Crippen molar-refractivity contribution in [3.63, 3.8) is 0 Å². The Labute approximate surface area is 180 Å². The summed E-state index contributed by atoms with van der Waals surface area (Å²) in [5, 5.41) is 8.94. The van der Waals surface area contributed by atoms with E-state index in [2.05, 4.69) is 29.2 Å². The Hall–Kier alpha value is -1.88. The third-order valence-electron chi connectivity index (χ3n) is 7.56. The molecule has 1 aromatic rings. The molecule has 0 aromatic heterocycles. The second kappa shape index (κ2) is 9.51. The highest BCUT2D eigenvalue weighted by Gasteiger charge is 2.45. The van der Waals surface area contributed by atoms with Crippen LogP contribution in [-0.4, -0.2) is 52.0 Å². The number of carboxylic acid groups (broad SMARTS) is 1. The fraction of sp³-hybridized carbons (Fsp3) is 0.680. The van der Waals surface area contributed by atoms with Gasteiger partial charge in [-0.05, 0) is 62.1 Å². The van der Waals surface area contributed by atoms with E-state index in [0.717, 1.165) is 31.8 Å². The number of benzene rings is 1. The van der Waals surface area contributed by atoms with Gasteiger partial charge in [0.15, 0.2) is 0 Å². The molecule has 0 bridgehead atoms. The van der Waals surface area contributed by atoms with Crippen molar-refractivity contribution in [2.24, 2.45) is 5.92 Å². The van der Waals surface area contributed by atoms with E-state index in [1.807, 2.05) is 4.90 Å². The van der Waals surface area contributed by atoms with E-state index < -0.39 is 5.97 Å². The number of amides is 1. The number of hydrogen-bond acceptors (Lipinski definition) is 3. The van der Waals surface area contributed by atoms with Crippen molar-refractivity contribution in [3.8, 4) is 0 Å². The molecule has 0 radical (unpaired) electrons. The van der Waals surface area contributed by atoms with Crippen molar-refractivity contribution >= 4 is 11.9 Å². The lowest BCUT2D eigenvalue weighted by Gasteiger charge is -2.42. The van der Waals surface area contributed by atoms with Crippen molar-refractivity contribution < 1.29 is 14.7 Å². The maximum Gasteiger partial charge on any atom is 0.303 e. The molecule has 5 nitrogen and oxygen atoms in total. The molecule has 1 aromatic carbocycles. The molecule has 1 aliphatic carbocycles. The van der Waals surface area contributed by atoms with Gasteiger partial charge in [0, 0.05) is 38.0 Å². The lowest BCUT2D eigenvalue weighted by Crippen LogP contribution is -2.54. The van der Waals surface area contributed by atoms with Crippen LogP contribution in [0.4, 0.5) is 0 Å². The van der Waals surface area contributed by atoms with Crippen LogP contribution in [0.15, 0.2) is 24.3 Å². The largest absolute Gasteiger partial charge is 0.481 e. The summed E-state index contributed by atoms with van der Waals surface area (Å²) in [4.78, 5) is 28.7. The van der Waals surface area contributed by atoms with E-state index in [1.54, 1.807) is 0 Å². The monoisotopic (exact) mass is 412 g/mol. The molecule has 1 atom stereocenters. The van der Waals surface area contributed by atoms with Crippen molar-refractivity contribution in [2.45, 2.75) is 82.7 Å². The number of nitrogens with zero attached hydrogens (tertiary/aromatic N) is 2. The minimum Gasteiger partial charge on any atom is -0.481 e. The number of aliphatic carboxylic acids is 1. The van der Waals surface area contributed by atoms with Crippen LogP contribution in [-0.2, 0) is 22.6 Å². The van der Waals surface area contributed by atoms with Gasteiger partial charge >= 0.3 is 5.97 Å². The zero-order valence-corrected chi connectivity index (χ0v) is 18.2. The molecule has 1 N–H and O–H groups in total. The molecule has 1 unspecified atom stereocenters. The molecule has 3 aliphatic rings. The summed E-state index contributed by atoms with van der Waals surface area (Å²) in [7, 11) is 0. The Bertz CT molecular complexity index is 759. The van der Waals surface area contributed by atoms with Crippen LogP contribution >= 0.6 is 0 Å². The van der Waals surface area contributed by atoms with Gasteiger partial charge in [0.1, 0.15) is 0 Å². The van der Waals surface area contributed by atoms with Gasteiger partial charge in [0.2, 0.25) is 5.91 Å². The summed E-state index contributed by atoms with van der Waals surface area (Å²) in [6.07, 6.45) is 11.0. The van der Waals surface area contributed by atoms with Crippen LogP contribution < -0.4 is 0 Å². The fourth-order valence-corrected chi connectivity index (χ4v) is 5.98. The van der Waals surface area contributed by atoms with Gasteiger partial charge < -0.3 is 10.0 Å². The fourth-order valence-electron chi connectivity index (χ4n) is 5.98. The molecule has 5 heteroatoms. The molecule has 1 saturated heterocycles. The summed E-state index contributed by atoms with van der Waals surface area (Å²) >= 11 is 0. The number of rotatable bonds is 6. The standard InChI is InChI=1S/C25H36N2O3/c28-23(12-6-13-24(29)30)26-18-22-11-5-4-10-21(22)16-25(19-26)14-7-15-27(25)17-20-8-2-1-3-9-20/h4-5,10-11,20H,1-3,6-9,12-19H2,(H,29,30). The number of carboxylic acids is 1. The lowest BCUT2D eigenvalue weighted by molar-refractivity contribution is -0.137. The van der Waals surface area contributed by atoms with Gasteiger partial charge in [-0.2, -0.15) is 0 Å². The van der Waals surface area contributed by atoms with E-state index in [9.17, 15) is 9.59 Å². The van der Waals surface area contributed by atoms with Crippen LogP contribution in [0.25, 0.3) is 0 Å². The molecule has 1 amide bonds. The normalized spacial score (nSPS) is 25.3. The summed E-state index contributed by atoms with van der Waals surface area (Å²) in [6, 6.07) is 8.59. The van der Waals surface area contributed by atoms with Crippen LogP contribution in [0.3, 0.4) is 0 Å². The van der Waals surface area contributed by atoms with Crippen molar-refractivity contribution in [1.29, 1.82) is 0 Å². The summed E-state index contributed by atoms with van der Waals surface area (Å²) in [5.74, 6) is 0.0821. The minimum absolute atomic E-state index is 0.0342. The number of fused-ring (bicyclic) bond motifs is 1. The molecular formula is C25H36N2O3. The zero-order valence-electron chi connectivity index (χ0n) is 18.2. The molecule has 4 rings (SSSR count). The van der Waals surface area contributed by atoms with Gasteiger partial charge in [0.25, 0.3) is 0 Å². The smallest absolute Gasteiger partial charge is 0.303 e. The van der Waals surface area contributed by atoms with Gasteiger partial charge in [-0.3, -0.25) is 14.5 Å². The minimum atomic E-state index is -0.824. The van der Waals surface area contributed by atoms with Crippen LogP contribution in [0, 0.1) is 5.92 Å². The molecule has 164 valence electrons. The number of hydrogen-bond donors (Lipinski definition) is 1. The highest BCUT2D eigenvalue weighted by Crippen LogP contribution is 2.39. The summed E-state index contributed by atoms with van der Waals surface area (Å²) in [5.41, 5.74) is 2.67. The molecule has 2 fully saturated rings. The maximum atomic E-state index is 13.1. The maximum absolute atomic E-state index is 13.1. The Balaban J connectivity index is 1.54. The lowest BCUT2D eigenvalue weighted by atomic mass is 9.84.